The first kappa shape index (κ1) is 18.6. The van der Waals surface area contributed by atoms with E-state index in [1.807, 2.05) is 30.5 Å². The van der Waals surface area contributed by atoms with E-state index in [1.165, 1.54) is 4.90 Å². The van der Waals surface area contributed by atoms with Crippen LogP contribution in [0.5, 0.6) is 0 Å². The number of thioether (sulfide) groups is 1. The summed E-state index contributed by atoms with van der Waals surface area (Å²) in [5.74, 6) is 0.0106. The monoisotopic (exact) mass is 403 g/mol. The molecule has 5 nitrogen and oxygen atoms in total. The van der Waals surface area contributed by atoms with Crippen molar-refractivity contribution in [1.29, 1.82) is 0 Å². The molecule has 142 valence electrons. The molecule has 2 aromatic rings. The van der Waals surface area contributed by atoms with Gasteiger partial charge < -0.3 is 5.32 Å². The second-order valence-corrected chi connectivity index (χ2v) is 8.67. The molecule has 0 radical (unpaired) electrons. The molecule has 27 heavy (non-hydrogen) atoms. The van der Waals surface area contributed by atoms with Crippen molar-refractivity contribution in [1.82, 2.24) is 15.2 Å². The summed E-state index contributed by atoms with van der Waals surface area (Å²) < 4.78 is 0. The second-order valence-electron chi connectivity index (χ2n) is 7.44. The number of amides is 3. The van der Waals surface area contributed by atoms with Crippen LogP contribution < -0.4 is 5.32 Å². The van der Waals surface area contributed by atoms with E-state index in [-0.39, 0.29) is 24.4 Å². The number of imide groups is 1. The molecule has 2 heterocycles. The van der Waals surface area contributed by atoms with Gasteiger partial charge >= 0.3 is 6.03 Å². The van der Waals surface area contributed by atoms with Crippen LogP contribution in [0, 0.1) is 5.92 Å². The number of nitrogens with one attached hydrogen (secondary N) is 1. The number of halogens is 1. The van der Waals surface area contributed by atoms with Crippen LogP contribution in [-0.2, 0) is 11.3 Å². The Morgan fingerprint density at radius 1 is 1.33 bits per heavy atom. The standard InChI is InChI=1S/C20H22ClN3O2S/c1-12-5-3-4-8-20(12)18(25)24(19(26)23-20)11-14-9-13-6-7-15(27-2)10-16(13)22-17(14)21/h6-7,9-10,12H,3-5,8,11H2,1-2H3,(H,23,26)/t12-,20+/m1/s1. The number of hydrogen-bond acceptors (Lipinski definition) is 4. The predicted octanol–water partition coefficient (Wildman–Crippen LogP) is 4.61. The van der Waals surface area contributed by atoms with Gasteiger partial charge in [0.15, 0.2) is 0 Å². The Morgan fingerprint density at radius 3 is 2.89 bits per heavy atom. The van der Waals surface area contributed by atoms with Crippen LogP contribution in [0.2, 0.25) is 5.15 Å². The molecule has 3 amide bonds. The molecule has 1 aromatic carbocycles. The average Bonchev–Trinajstić information content (AvgIpc) is 2.89. The molecule has 1 aliphatic heterocycles. The van der Waals surface area contributed by atoms with Crippen molar-refractivity contribution >= 4 is 46.2 Å². The molecule has 4 rings (SSSR count). The lowest BCUT2D eigenvalue weighted by molar-refractivity contribution is -0.134. The Balaban J connectivity index is 1.64. The number of rotatable bonds is 3. The van der Waals surface area contributed by atoms with Gasteiger partial charge in [-0.05, 0) is 43.2 Å². The minimum absolute atomic E-state index is 0.131. The normalized spacial score (nSPS) is 25.4. The van der Waals surface area contributed by atoms with Crippen LogP contribution in [-0.4, -0.2) is 33.6 Å². The number of carbonyl (C=O) groups excluding carboxylic acids is 2. The van der Waals surface area contributed by atoms with Gasteiger partial charge in [-0.2, -0.15) is 0 Å². The Labute approximate surface area is 167 Å². The molecule has 7 heteroatoms. The van der Waals surface area contributed by atoms with E-state index in [4.69, 9.17) is 11.6 Å². The summed E-state index contributed by atoms with van der Waals surface area (Å²) in [5.41, 5.74) is 0.745. The number of pyridine rings is 1. The quantitative estimate of drug-likeness (QED) is 0.461. The summed E-state index contributed by atoms with van der Waals surface area (Å²) in [4.78, 5) is 32.6. The van der Waals surface area contributed by atoms with Crippen molar-refractivity contribution in [3.8, 4) is 0 Å². The van der Waals surface area contributed by atoms with Gasteiger partial charge in [0, 0.05) is 15.8 Å². The smallest absolute Gasteiger partial charge is 0.323 e. The lowest BCUT2D eigenvalue weighted by atomic mass is 9.73. The van der Waals surface area contributed by atoms with Crippen LogP contribution in [0.4, 0.5) is 4.79 Å². The highest BCUT2D eigenvalue weighted by molar-refractivity contribution is 7.98. The summed E-state index contributed by atoms with van der Waals surface area (Å²) in [5, 5.41) is 4.26. The van der Waals surface area contributed by atoms with Crippen molar-refractivity contribution < 1.29 is 9.59 Å². The number of carbonyl (C=O) groups is 2. The van der Waals surface area contributed by atoms with Crippen molar-refractivity contribution in [3.05, 3.63) is 35.0 Å². The molecule has 1 saturated heterocycles. The Hall–Kier alpha value is -1.79. The Morgan fingerprint density at radius 2 is 2.15 bits per heavy atom. The molecule has 1 aromatic heterocycles. The number of urea groups is 1. The first-order valence-electron chi connectivity index (χ1n) is 9.22. The number of aromatic nitrogens is 1. The zero-order valence-electron chi connectivity index (χ0n) is 15.4. The van der Waals surface area contributed by atoms with Gasteiger partial charge in [0.1, 0.15) is 10.7 Å². The van der Waals surface area contributed by atoms with Gasteiger partial charge in [-0.1, -0.05) is 37.4 Å². The molecule has 2 atom stereocenters. The van der Waals surface area contributed by atoms with Crippen molar-refractivity contribution in [2.24, 2.45) is 5.92 Å². The fourth-order valence-corrected chi connectivity index (χ4v) is 4.85. The lowest BCUT2D eigenvalue weighted by Crippen LogP contribution is -2.53. The third kappa shape index (κ3) is 3.09. The van der Waals surface area contributed by atoms with Crippen LogP contribution in [0.25, 0.3) is 10.9 Å². The van der Waals surface area contributed by atoms with Crippen molar-refractivity contribution in [2.45, 2.75) is 49.6 Å². The SMILES string of the molecule is CSc1ccc2cc(CN3C(=O)N[C@]4(CCCC[C@H]4C)C3=O)c(Cl)nc2c1. The third-order valence-corrected chi connectivity index (χ3v) is 6.93. The van der Waals surface area contributed by atoms with Gasteiger partial charge in [0.2, 0.25) is 0 Å². The molecular formula is C20H22ClN3O2S. The zero-order chi connectivity index (χ0) is 19.2. The molecule has 1 N–H and O–H groups in total. The topological polar surface area (TPSA) is 62.3 Å². The Bertz CT molecular complexity index is 935. The predicted molar refractivity (Wildman–Crippen MR) is 108 cm³/mol. The first-order chi connectivity index (χ1) is 12.9. The van der Waals surface area contributed by atoms with E-state index in [0.717, 1.165) is 35.1 Å². The van der Waals surface area contributed by atoms with Crippen LogP contribution in [0.3, 0.4) is 0 Å². The minimum Gasteiger partial charge on any atom is -0.323 e. The van der Waals surface area contributed by atoms with E-state index in [0.29, 0.717) is 17.1 Å². The summed E-state index contributed by atoms with van der Waals surface area (Å²) in [7, 11) is 0. The van der Waals surface area contributed by atoms with Gasteiger partial charge in [-0.25, -0.2) is 9.78 Å². The third-order valence-electron chi connectivity index (χ3n) is 5.88. The summed E-state index contributed by atoms with van der Waals surface area (Å²) in [6.45, 7) is 2.19. The maximum atomic E-state index is 13.1. The van der Waals surface area contributed by atoms with Crippen LogP contribution in [0.15, 0.2) is 29.2 Å². The van der Waals surface area contributed by atoms with Gasteiger partial charge in [-0.3, -0.25) is 9.69 Å². The molecule has 0 unspecified atom stereocenters. The van der Waals surface area contributed by atoms with E-state index in [1.54, 1.807) is 11.8 Å². The molecule has 1 aliphatic carbocycles. The van der Waals surface area contributed by atoms with Crippen LogP contribution >= 0.6 is 23.4 Å². The molecule has 2 fully saturated rings. The van der Waals surface area contributed by atoms with Crippen molar-refractivity contribution in [3.63, 3.8) is 0 Å². The average molecular weight is 404 g/mol. The van der Waals surface area contributed by atoms with E-state index in [2.05, 4.69) is 17.2 Å². The maximum absolute atomic E-state index is 13.1. The first-order valence-corrected chi connectivity index (χ1v) is 10.8. The number of benzene rings is 1. The maximum Gasteiger partial charge on any atom is 0.325 e. The highest BCUT2D eigenvalue weighted by atomic mass is 35.5. The fraction of sp³-hybridized carbons (Fsp3) is 0.450. The minimum atomic E-state index is -0.751. The highest BCUT2D eigenvalue weighted by Gasteiger charge is 2.54. The Kier molecular flexibility index (Phi) is 4.80. The molecule has 0 bridgehead atoms. The number of nitrogens with zero attached hydrogens (tertiary/aromatic N) is 2. The zero-order valence-corrected chi connectivity index (χ0v) is 17.0. The van der Waals surface area contributed by atoms with E-state index < -0.39 is 5.54 Å². The van der Waals surface area contributed by atoms with Gasteiger partial charge in [0.25, 0.3) is 5.91 Å². The van der Waals surface area contributed by atoms with Gasteiger partial charge in [-0.15, -0.1) is 11.8 Å². The second kappa shape index (κ2) is 6.99. The lowest BCUT2D eigenvalue weighted by Gasteiger charge is -2.36. The van der Waals surface area contributed by atoms with E-state index in [9.17, 15) is 9.59 Å². The summed E-state index contributed by atoms with van der Waals surface area (Å²) in [6.07, 6.45) is 5.73. The molecule has 2 aliphatic rings. The molecular weight excluding hydrogens is 382 g/mol. The number of fused-ring (bicyclic) bond motifs is 1. The van der Waals surface area contributed by atoms with Crippen LogP contribution in [0.1, 0.15) is 38.2 Å². The van der Waals surface area contributed by atoms with Crippen molar-refractivity contribution in [2.75, 3.05) is 6.26 Å². The molecule has 1 spiro atoms. The fourth-order valence-electron chi connectivity index (χ4n) is 4.21. The van der Waals surface area contributed by atoms with Gasteiger partial charge in [0.05, 0.1) is 12.1 Å². The summed E-state index contributed by atoms with van der Waals surface area (Å²) >= 11 is 8.04. The number of hydrogen-bond donors (Lipinski definition) is 1. The molecule has 1 saturated carbocycles. The summed E-state index contributed by atoms with van der Waals surface area (Å²) in [6, 6.07) is 7.60. The largest absolute Gasteiger partial charge is 0.325 e. The van der Waals surface area contributed by atoms with E-state index >= 15 is 0 Å². The highest BCUT2D eigenvalue weighted by Crippen LogP contribution is 2.39.